The Morgan fingerprint density at radius 3 is 2.94 bits per heavy atom. The second-order valence-corrected chi connectivity index (χ2v) is 4.86. The third-order valence-corrected chi connectivity index (χ3v) is 3.42. The maximum Gasteiger partial charge on any atom is 0.246 e. The van der Waals surface area contributed by atoms with Crippen molar-refractivity contribution in [2.45, 2.75) is 19.9 Å². The number of rotatable bonds is 5. The van der Waals surface area contributed by atoms with Gasteiger partial charge in [0.2, 0.25) is 5.91 Å². The molecule has 98 valence electrons. The lowest BCUT2D eigenvalue weighted by Crippen LogP contribution is -2.34. The molecule has 2 N–H and O–H groups in total. The summed E-state index contributed by atoms with van der Waals surface area (Å²) in [6, 6.07) is 5.87. The molecule has 4 nitrogen and oxygen atoms in total. The van der Waals surface area contributed by atoms with Gasteiger partial charge in [-0.05, 0) is 26.6 Å². The molecule has 0 bridgehead atoms. The third kappa shape index (κ3) is 2.71. The van der Waals surface area contributed by atoms with Gasteiger partial charge >= 0.3 is 0 Å². The third-order valence-electron chi connectivity index (χ3n) is 3.42. The second-order valence-electron chi connectivity index (χ2n) is 4.86. The highest BCUT2D eigenvalue weighted by atomic mass is 16.2. The Kier molecular flexibility index (Phi) is 3.99. The van der Waals surface area contributed by atoms with Crippen molar-refractivity contribution in [2.75, 3.05) is 32.0 Å². The van der Waals surface area contributed by atoms with Crippen LogP contribution in [0.5, 0.6) is 0 Å². The van der Waals surface area contributed by atoms with Gasteiger partial charge in [0.1, 0.15) is 6.04 Å². The zero-order valence-corrected chi connectivity index (χ0v) is 11.3. The van der Waals surface area contributed by atoms with Gasteiger partial charge in [-0.25, -0.2) is 0 Å². The molecule has 1 aromatic rings. The largest absolute Gasteiger partial charge is 0.324 e. The van der Waals surface area contributed by atoms with Crippen LogP contribution in [0.1, 0.15) is 24.1 Å². The van der Waals surface area contributed by atoms with Gasteiger partial charge in [0.05, 0.1) is 0 Å². The lowest BCUT2D eigenvalue weighted by Gasteiger charge is -2.16. The zero-order valence-electron chi connectivity index (χ0n) is 11.3. The second kappa shape index (κ2) is 5.50. The van der Waals surface area contributed by atoms with Crippen LogP contribution in [-0.4, -0.2) is 37.5 Å². The van der Waals surface area contributed by atoms with E-state index in [-0.39, 0.29) is 11.9 Å². The predicted molar refractivity (Wildman–Crippen MR) is 73.7 cm³/mol. The zero-order chi connectivity index (χ0) is 13.1. The summed E-state index contributed by atoms with van der Waals surface area (Å²) < 4.78 is 0. The maximum atomic E-state index is 11.9. The van der Waals surface area contributed by atoms with Crippen LogP contribution < -0.4 is 10.6 Å². The number of carbonyl (C=O) groups is 1. The highest BCUT2D eigenvalue weighted by Crippen LogP contribution is 2.31. The van der Waals surface area contributed by atoms with Gasteiger partial charge in [-0.1, -0.05) is 24.6 Å². The smallest absolute Gasteiger partial charge is 0.246 e. The first kappa shape index (κ1) is 13.1. The monoisotopic (exact) mass is 247 g/mol. The minimum Gasteiger partial charge on any atom is -0.324 e. The van der Waals surface area contributed by atoms with E-state index >= 15 is 0 Å². The van der Waals surface area contributed by atoms with E-state index in [1.54, 1.807) is 0 Å². The molecule has 4 heteroatoms. The van der Waals surface area contributed by atoms with Crippen LogP contribution in [0, 0.1) is 6.92 Å². The molecule has 1 aromatic carbocycles. The normalized spacial score (nSPS) is 18.0. The van der Waals surface area contributed by atoms with E-state index in [1.807, 2.05) is 19.1 Å². The minimum absolute atomic E-state index is 0.0507. The van der Waals surface area contributed by atoms with Crippen molar-refractivity contribution in [3.63, 3.8) is 0 Å². The molecule has 0 aromatic heterocycles. The van der Waals surface area contributed by atoms with Gasteiger partial charge in [0.25, 0.3) is 0 Å². The number of hydrogen-bond acceptors (Lipinski definition) is 3. The number of carbonyl (C=O) groups excluding carboxylic acids is 1. The molecule has 1 aliphatic rings. The van der Waals surface area contributed by atoms with E-state index in [4.69, 9.17) is 0 Å². The Balaban J connectivity index is 2.01. The van der Waals surface area contributed by atoms with Crippen LogP contribution in [0.4, 0.5) is 5.69 Å². The number of likely N-dealkylation sites (N-methyl/N-ethyl adjacent to an activating group) is 1. The van der Waals surface area contributed by atoms with Crippen molar-refractivity contribution in [3.8, 4) is 0 Å². The average molecular weight is 247 g/mol. The average Bonchev–Trinajstić information content (AvgIpc) is 2.65. The minimum atomic E-state index is -0.204. The van der Waals surface area contributed by atoms with Crippen LogP contribution in [0.15, 0.2) is 18.2 Å². The first-order valence-electron chi connectivity index (χ1n) is 6.45. The fraction of sp³-hybridized carbons (Fsp3) is 0.500. The number of nitrogens with zero attached hydrogens (tertiary/aromatic N) is 1. The summed E-state index contributed by atoms with van der Waals surface area (Å²) in [5, 5.41) is 6.24. The molecule has 1 aliphatic heterocycles. The number of fused-ring (bicyclic) bond motifs is 1. The van der Waals surface area contributed by atoms with Gasteiger partial charge < -0.3 is 15.5 Å². The van der Waals surface area contributed by atoms with E-state index < -0.39 is 0 Å². The lowest BCUT2D eigenvalue weighted by atomic mass is 10.1. The van der Waals surface area contributed by atoms with Gasteiger partial charge in [0.15, 0.2) is 0 Å². The summed E-state index contributed by atoms with van der Waals surface area (Å²) in [5.74, 6) is 0.0507. The quantitative estimate of drug-likeness (QED) is 0.829. The predicted octanol–water partition coefficient (Wildman–Crippen LogP) is 1.53. The van der Waals surface area contributed by atoms with E-state index in [9.17, 15) is 4.79 Å². The van der Waals surface area contributed by atoms with Crippen LogP contribution in [-0.2, 0) is 4.79 Å². The number of amides is 1. The summed E-state index contributed by atoms with van der Waals surface area (Å²) in [4.78, 5) is 14.1. The molecular formula is C14H21N3O. The Labute approximate surface area is 108 Å². The number of aryl methyl sites for hydroxylation is 1. The summed E-state index contributed by atoms with van der Waals surface area (Å²) in [6.45, 7) is 6.96. The molecule has 0 spiro atoms. The van der Waals surface area contributed by atoms with Gasteiger partial charge in [-0.3, -0.25) is 4.79 Å². The molecule has 1 atom stereocenters. The summed E-state index contributed by atoms with van der Waals surface area (Å²) >= 11 is 0. The van der Waals surface area contributed by atoms with E-state index in [0.29, 0.717) is 0 Å². The van der Waals surface area contributed by atoms with Crippen molar-refractivity contribution >= 4 is 11.6 Å². The van der Waals surface area contributed by atoms with Crippen molar-refractivity contribution in [2.24, 2.45) is 0 Å². The SMILES string of the molecule is CCN(C)CCNC1C(=O)Nc2ccc(C)cc21. The van der Waals surface area contributed by atoms with Crippen molar-refractivity contribution in [1.29, 1.82) is 0 Å². The molecule has 2 rings (SSSR count). The Bertz CT molecular complexity index is 445. The summed E-state index contributed by atoms with van der Waals surface area (Å²) in [5.41, 5.74) is 3.19. The molecule has 0 fully saturated rings. The molecule has 18 heavy (non-hydrogen) atoms. The summed E-state index contributed by atoms with van der Waals surface area (Å²) in [6.07, 6.45) is 0. The van der Waals surface area contributed by atoms with Crippen molar-refractivity contribution < 1.29 is 4.79 Å². The molecule has 1 unspecified atom stereocenters. The van der Waals surface area contributed by atoms with Crippen LogP contribution in [0.2, 0.25) is 0 Å². The maximum absolute atomic E-state index is 11.9. The Morgan fingerprint density at radius 1 is 1.44 bits per heavy atom. The first-order chi connectivity index (χ1) is 8.61. The van der Waals surface area contributed by atoms with Crippen LogP contribution in [0.3, 0.4) is 0 Å². The molecule has 0 radical (unpaired) electrons. The number of hydrogen-bond donors (Lipinski definition) is 2. The van der Waals surface area contributed by atoms with E-state index in [2.05, 4.69) is 35.6 Å². The molecule has 1 heterocycles. The fourth-order valence-electron chi connectivity index (χ4n) is 2.14. The fourth-order valence-corrected chi connectivity index (χ4v) is 2.14. The number of benzene rings is 1. The van der Waals surface area contributed by atoms with Gasteiger partial charge in [-0.15, -0.1) is 0 Å². The van der Waals surface area contributed by atoms with E-state index in [1.165, 1.54) is 5.56 Å². The number of anilines is 1. The Morgan fingerprint density at radius 2 is 2.22 bits per heavy atom. The topological polar surface area (TPSA) is 44.4 Å². The van der Waals surface area contributed by atoms with Crippen molar-refractivity contribution in [3.05, 3.63) is 29.3 Å². The first-order valence-corrected chi connectivity index (χ1v) is 6.45. The van der Waals surface area contributed by atoms with E-state index in [0.717, 1.165) is 30.9 Å². The lowest BCUT2D eigenvalue weighted by molar-refractivity contribution is -0.117. The molecule has 0 saturated carbocycles. The van der Waals surface area contributed by atoms with Gasteiger partial charge in [0, 0.05) is 24.3 Å². The highest BCUT2D eigenvalue weighted by Gasteiger charge is 2.29. The van der Waals surface area contributed by atoms with Gasteiger partial charge in [-0.2, -0.15) is 0 Å². The standard InChI is InChI=1S/C14H21N3O/c1-4-17(3)8-7-15-13-11-9-10(2)5-6-12(11)16-14(13)18/h5-6,9,13,15H,4,7-8H2,1-3H3,(H,16,18). The number of nitrogens with one attached hydrogen (secondary N) is 2. The highest BCUT2D eigenvalue weighted by molar-refractivity contribution is 6.02. The Hall–Kier alpha value is -1.39. The van der Waals surface area contributed by atoms with Crippen LogP contribution >= 0.6 is 0 Å². The molecular weight excluding hydrogens is 226 g/mol. The van der Waals surface area contributed by atoms with Crippen molar-refractivity contribution in [1.82, 2.24) is 10.2 Å². The molecule has 0 aliphatic carbocycles. The molecule has 1 amide bonds. The summed E-state index contributed by atoms with van der Waals surface area (Å²) in [7, 11) is 2.08. The molecule has 0 saturated heterocycles. The van der Waals surface area contributed by atoms with Crippen LogP contribution in [0.25, 0.3) is 0 Å².